The van der Waals surface area contributed by atoms with Crippen molar-refractivity contribution in [2.75, 3.05) is 13.1 Å². The number of hydrogen-bond acceptors (Lipinski definition) is 4. The number of hydrogen-bond donors (Lipinski definition) is 1. The molecule has 0 saturated heterocycles. The highest BCUT2D eigenvalue weighted by molar-refractivity contribution is 7.89. The van der Waals surface area contributed by atoms with Gasteiger partial charge in [0.2, 0.25) is 10.0 Å². The van der Waals surface area contributed by atoms with Gasteiger partial charge in [0, 0.05) is 19.3 Å². The molecular weight excluding hydrogens is 294 g/mol. The summed E-state index contributed by atoms with van der Waals surface area (Å²) in [6.07, 6.45) is 6.91. The second-order valence-corrected chi connectivity index (χ2v) is 7.91. The quantitative estimate of drug-likeness (QED) is 0.765. The minimum atomic E-state index is -3.57. The predicted molar refractivity (Wildman–Crippen MR) is 74.1 cm³/mol. The average molecular weight is 313 g/mol. The van der Waals surface area contributed by atoms with Crippen molar-refractivity contribution in [3.05, 3.63) is 12.4 Å². The van der Waals surface area contributed by atoms with E-state index in [1.165, 1.54) is 12.4 Å². The lowest BCUT2D eigenvalue weighted by molar-refractivity contribution is -0.137. The Morgan fingerprint density at radius 3 is 2.33 bits per heavy atom. The third-order valence-electron chi connectivity index (χ3n) is 3.86. The topological polar surface area (TPSA) is 92.5 Å². The maximum Gasteiger partial charge on any atom is 0.325 e. The van der Waals surface area contributed by atoms with E-state index in [9.17, 15) is 13.2 Å². The predicted octanol–water partition coefficient (Wildman–Crippen LogP) is 0.778. The summed E-state index contributed by atoms with van der Waals surface area (Å²) < 4.78 is 28.1. The van der Waals surface area contributed by atoms with Gasteiger partial charge in [0.05, 0.1) is 6.20 Å². The summed E-state index contributed by atoms with van der Waals surface area (Å²) in [7, 11) is -3.57. The number of nitrogens with zero attached hydrogens (tertiary/aromatic N) is 3. The first-order chi connectivity index (χ1) is 9.95. The summed E-state index contributed by atoms with van der Waals surface area (Å²) in [4.78, 5) is 10.7. The van der Waals surface area contributed by atoms with Crippen LogP contribution < -0.4 is 0 Å². The van der Waals surface area contributed by atoms with Crippen molar-refractivity contribution in [1.29, 1.82) is 0 Å². The Hall–Kier alpha value is -1.41. The maximum absolute atomic E-state index is 12.7. The first-order valence-electron chi connectivity index (χ1n) is 7.19. The van der Waals surface area contributed by atoms with Crippen molar-refractivity contribution in [2.24, 2.45) is 11.8 Å². The lowest BCUT2D eigenvalue weighted by Gasteiger charge is -2.21. The van der Waals surface area contributed by atoms with Crippen LogP contribution >= 0.6 is 0 Å². The number of sulfonamides is 1. The molecule has 7 nitrogen and oxygen atoms in total. The van der Waals surface area contributed by atoms with Crippen LogP contribution in [-0.2, 0) is 21.4 Å². The molecule has 1 aromatic heterocycles. The second kappa shape index (κ2) is 5.42. The molecule has 1 heterocycles. The molecule has 2 fully saturated rings. The molecular formula is C13H19N3O4S. The molecule has 2 aliphatic rings. The van der Waals surface area contributed by atoms with Gasteiger partial charge < -0.3 is 5.11 Å². The van der Waals surface area contributed by atoms with Crippen molar-refractivity contribution in [1.82, 2.24) is 14.1 Å². The van der Waals surface area contributed by atoms with E-state index in [0.29, 0.717) is 24.9 Å². The SMILES string of the molecule is O=C(O)Cn1cc(S(=O)(=O)N(CC2CC2)CC2CC2)cn1. The summed E-state index contributed by atoms with van der Waals surface area (Å²) in [5.41, 5.74) is 0. The lowest BCUT2D eigenvalue weighted by Crippen LogP contribution is -2.34. The van der Waals surface area contributed by atoms with Gasteiger partial charge in [-0.15, -0.1) is 0 Å². The Bertz CT molecular complexity index is 618. The smallest absolute Gasteiger partial charge is 0.325 e. The highest BCUT2D eigenvalue weighted by Crippen LogP contribution is 2.35. The molecule has 116 valence electrons. The van der Waals surface area contributed by atoms with Crippen molar-refractivity contribution < 1.29 is 18.3 Å². The van der Waals surface area contributed by atoms with Crippen LogP contribution in [0.4, 0.5) is 0 Å². The zero-order chi connectivity index (χ0) is 15.0. The fraction of sp³-hybridized carbons (Fsp3) is 0.692. The fourth-order valence-corrected chi connectivity index (χ4v) is 3.85. The molecule has 0 bridgehead atoms. The molecule has 0 aliphatic heterocycles. The zero-order valence-corrected chi connectivity index (χ0v) is 12.5. The first kappa shape index (κ1) is 14.5. The Kier molecular flexibility index (Phi) is 3.75. The van der Waals surface area contributed by atoms with Gasteiger partial charge in [-0.3, -0.25) is 9.48 Å². The van der Waals surface area contributed by atoms with Gasteiger partial charge in [-0.2, -0.15) is 9.40 Å². The lowest BCUT2D eigenvalue weighted by atomic mass is 10.4. The van der Waals surface area contributed by atoms with Crippen LogP contribution in [0.5, 0.6) is 0 Å². The molecule has 1 N–H and O–H groups in total. The highest BCUT2D eigenvalue weighted by Gasteiger charge is 2.36. The van der Waals surface area contributed by atoms with E-state index in [2.05, 4.69) is 5.10 Å². The summed E-state index contributed by atoms with van der Waals surface area (Å²) in [5.74, 6) is -0.0879. The number of carboxylic acid groups (broad SMARTS) is 1. The molecule has 8 heteroatoms. The Balaban J connectivity index is 1.77. The molecule has 21 heavy (non-hydrogen) atoms. The van der Waals surface area contributed by atoms with E-state index in [1.807, 2.05) is 0 Å². The van der Waals surface area contributed by atoms with E-state index in [0.717, 1.165) is 30.4 Å². The molecule has 0 aromatic carbocycles. The minimum Gasteiger partial charge on any atom is -0.480 e. The monoisotopic (exact) mass is 313 g/mol. The minimum absolute atomic E-state index is 0.0880. The standard InChI is InChI=1S/C13H19N3O4S/c17-13(18)9-15-8-12(5-14-15)21(19,20)16(6-10-1-2-10)7-11-3-4-11/h5,8,10-11H,1-4,6-7,9H2,(H,17,18). The molecule has 2 aliphatic carbocycles. The molecule has 0 spiro atoms. The van der Waals surface area contributed by atoms with Crippen molar-refractivity contribution in [2.45, 2.75) is 37.1 Å². The van der Waals surface area contributed by atoms with E-state index in [-0.39, 0.29) is 11.4 Å². The zero-order valence-electron chi connectivity index (χ0n) is 11.7. The summed E-state index contributed by atoms with van der Waals surface area (Å²) in [6.45, 7) is 0.812. The van der Waals surface area contributed by atoms with E-state index >= 15 is 0 Å². The second-order valence-electron chi connectivity index (χ2n) is 5.98. The van der Waals surface area contributed by atoms with Crippen LogP contribution in [0.1, 0.15) is 25.7 Å². The van der Waals surface area contributed by atoms with Crippen LogP contribution in [0.25, 0.3) is 0 Å². The van der Waals surface area contributed by atoms with E-state index in [4.69, 9.17) is 5.11 Å². The number of aliphatic carboxylic acids is 1. The Morgan fingerprint density at radius 1 is 1.29 bits per heavy atom. The molecule has 3 rings (SSSR count). The summed E-state index contributed by atoms with van der Waals surface area (Å²) in [6, 6.07) is 0. The van der Waals surface area contributed by atoms with Crippen molar-refractivity contribution in [3.63, 3.8) is 0 Å². The van der Waals surface area contributed by atoms with Crippen LogP contribution in [0.15, 0.2) is 17.3 Å². The summed E-state index contributed by atoms with van der Waals surface area (Å²) in [5, 5.41) is 12.5. The van der Waals surface area contributed by atoms with Crippen molar-refractivity contribution in [3.8, 4) is 0 Å². The van der Waals surface area contributed by atoms with Gasteiger partial charge in [0.1, 0.15) is 11.4 Å². The van der Waals surface area contributed by atoms with Gasteiger partial charge in [0.25, 0.3) is 0 Å². The maximum atomic E-state index is 12.7. The molecule has 0 unspecified atom stereocenters. The Labute approximate surface area is 123 Å². The number of carboxylic acids is 1. The molecule has 2 saturated carbocycles. The molecule has 0 radical (unpaired) electrons. The Morgan fingerprint density at radius 2 is 1.86 bits per heavy atom. The molecule has 1 aromatic rings. The van der Waals surface area contributed by atoms with Gasteiger partial charge in [-0.05, 0) is 37.5 Å². The molecule has 0 atom stereocenters. The van der Waals surface area contributed by atoms with Gasteiger partial charge >= 0.3 is 5.97 Å². The van der Waals surface area contributed by atoms with Crippen molar-refractivity contribution >= 4 is 16.0 Å². The summed E-state index contributed by atoms with van der Waals surface area (Å²) >= 11 is 0. The average Bonchev–Trinajstić information content (AvgIpc) is 3.31. The van der Waals surface area contributed by atoms with Crippen LogP contribution in [0.3, 0.4) is 0 Å². The van der Waals surface area contributed by atoms with Crippen LogP contribution in [-0.4, -0.2) is 46.7 Å². The first-order valence-corrected chi connectivity index (χ1v) is 8.63. The van der Waals surface area contributed by atoms with Gasteiger partial charge in [-0.1, -0.05) is 0 Å². The number of rotatable bonds is 8. The number of carbonyl (C=O) groups is 1. The van der Waals surface area contributed by atoms with Crippen LogP contribution in [0, 0.1) is 11.8 Å². The van der Waals surface area contributed by atoms with E-state index in [1.54, 1.807) is 4.31 Å². The fourth-order valence-electron chi connectivity index (χ4n) is 2.30. The third kappa shape index (κ3) is 3.62. The van der Waals surface area contributed by atoms with Gasteiger partial charge in [-0.25, -0.2) is 8.42 Å². The van der Waals surface area contributed by atoms with Crippen LogP contribution in [0.2, 0.25) is 0 Å². The molecule has 0 amide bonds. The largest absolute Gasteiger partial charge is 0.480 e. The highest BCUT2D eigenvalue weighted by atomic mass is 32.2. The van der Waals surface area contributed by atoms with E-state index < -0.39 is 16.0 Å². The number of aromatic nitrogens is 2. The van der Waals surface area contributed by atoms with Gasteiger partial charge in [0.15, 0.2) is 0 Å². The third-order valence-corrected chi connectivity index (χ3v) is 5.65. The normalized spacial score (nSPS) is 19.1.